The van der Waals surface area contributed by atoms with Gasteiger partial charge in [-0.1, -0.05) is 12.2 Å². The van der Waals surface area contributed by atoms with Crippen molar-refractivity contribution in [3.63, 3.8) is 0 Å². The molecule has 0 unspecified atom stereocenters. The molecule has 0 saturated heterocycles. The maximum atomic E-state index is 9.42. The highest BCUT2D eigenvalue weighted by Crippen LogP contribution is 2.48. The molecule has 1 aliphatic carbocycles. The van der Waals surface area contributed by atoms with E-state index in [2.05, 4.69) is 4.98 Å². The van der Waals surface area contributed by atoms with Gasteiger partial charge in [0.2, 0.25) is 5.41 Å². The Morgan fingerprint density at radius 2 is 1.76 bits per heavy atom. The Bertz CT molecular complexity index is 852. The van der Waals surface area contributed by atoms with Crippen molar-refractivity contribution in [2.75, 3.05) is 0 Å². The molecular formula is C14H8N6S. The molecule has 0 fully saturated rings. The van der Waals surface area contributed by atoms with Gasteiger partial charge in [-0.3, -0.25) is 0 Å². The van der Waals surface area contributed by atoms with E-state index in [0.29, 0.717) is 5.56 Å². The first kappa shape index (κ1) is 14.4. The van der Waals surface area contributed by atoms with Crippen molar-refractivity contribution in [2.45, 2.75) is 13.3 Å². The lowest BCUT2D eigenvalue weighted by molar-refractivity contribution is 0.376. The van der Waals surface area contributed by atoms with Gasteiger partial charge in [0.25, 0.3) is 0 Å². The number of pyridine rings is 1. The van der Waals surface area contributed by atoms with E-state index in [1.54, 1.807) is 37.3 Å². The molecule has 0 aromatic carbocycles. The molecule has 1 aromatic rings. The smallest absolute Gasteiger partial charge is 0.217 e. The normalized spacial score (nSPS) is 17.5. The van der Waals surface area contributed by atoms with Crippen LogP contribution in [0.1, 0.15) is 16.8 Å². The molecule has 1 aromatic heterocycles. The fourth-order valence-electron chi connectivity index (χ4n) is 2.59. The van der Waals surface area contributed by atoms with E-state index in [0.717, 1.165) is 5.69 Å². The maximum absolute atomic E-state index is 9.42. The Kier molecular flexibility index (Phi) is 3.11. The summed E-state index contributed by atoms with van der Waals surface area (Å²) in [5, 5.41) is 45.9. The Hall–Kier alpha value is -3.00. The molecule has 2 rings (SSSR count). The number of nitrogens with one attached hydrogen (secondary N) is 2. The van der Waals surface area contributed by atoms with Crippen LogP contribution in [-0.2, 0) is 6.42 Å². The molecule has 0 amide bonds. The second-order valence-corrected chi connectivity index (χ2v) is 5.24. The fourth-order valence-corrected chi connectivity index (χ4v) is 2.98. The zero-order valence-corrected chi connectivity index (χ0v) is 11.8. The Labute approximate surface area is 126 Å². The summed E-state index contributed by atoms with van der Waals surface area (Å²) in [5.74, 6) is 0. The molecule has 2 N–H and O–H groups in total. The van der Waals surface area contributed by atoms with Crippen LogP contribution in [0.5, 0.6) is 0 Å². The fraction of sp³-hybridized carbons (Fsp3) is 0.286. The zero-order valence-electron chi connectivity index (χ0n) is 11.0. The van der Waals surface area contributed by atoms with Gasteiger partial charge in [-0.15, -0.1) is 0 Å². The first-order valence-electron chi connectivity index (χ1n) is 5.88. The number of rotatable bonds is 0. The second kappa shape index (κ2) is 4.53. The van der Waals surface area contributed by atoms with E-state index in [1.165, 1.54) is 0 Å². The molecule has 1 aliphatic rings. The third-order valence-electron chi connectivity index (χ3n) is 3.69. The van der Waals surface area contributed by atoms with E-state index in [-0.39, 0.29) is 16.6 Å². The van der Waals surface area contributed by atoms with Gasteiger partial charge in [0, 0.05) is 17.7 Å². The van der Waals surface area contributed by atoms with Crippen LogP contribution in [0.2, 0.25) is 0 Å². The van der Waals surface area contributed by atoms with Gasteiger partial charge in [-0.25, -0.2) is 0 Å². The highest BCUT2D eigenvalue weighted by molar-refractivity contribution is 7.71. The summed E-state index contributed by atoms with van der Waals surface area (Å²) in [6, 6.07) is 8.64. The predicted molar refractivity (Wildman–Crippen MR) is 74.2 cm³/mol. The summed E-state index contributed by atoms with van der Waals surface area (Å²) in [6.45, 7) is 1.76. The monoisotopic (exact) mass is 292 g/mol. The number of hydrogen-bond acceptors (Lipinski definition) is 6. The number of aromatic nitrogens is 1. The summed E-state index contributed by atoms with van der Waals surface area (Å²) < 4.78 is 0.231. The Balaban J connectivity index is 2.96. The lowest BCUT2D eigenvalue weighted by atomic mass is 9.56. The molecule has 0 radical (unpaired) electrons. The van der Waals surface area contributed by atoms with Crippen LogP contribution in [0.15, 0.2) is 6.07 Å². The first-order chi connectivity index (χ1) is 9.91. The molecule has 0 spiro atoms. The number of aryl methyl sites for hydroxylation is 1. The average molecular weight is 292 g/mol. The molecule has 0 atom stereocenters. The quantitative estimate of drug-likeness (QED) is 0.705. The molecule has 7 heteroatoms. The number of aromatic amines is 1. The number of H-pyrrole nitrogens is 1. The van der Waals surface area contributed by atoms with Crippen molar-refractivity contribution in [2.24, 2.45) is 10.8 Å². The lowest BCUT2D eigenvalue weighted by Crippen LogP contribution is -2.50. The minimum atomic E-state index is -2.15. The molecule has 6 nitrogen and oxygen atoms in total. The lowest BCUT2D eigenvalue weighted by Gasteiger charge is -2.37. The molecular weight excluding hydrogens is 284 g/mol. The van der Waals surface area contributed by atoms with Crippen LogP contribution in [0.3, 0.4) is 0 Å². The van der Waals surface area contributed by atoms with Gasteiger partial charge in [-0.05, 0) is 18.6 Å². The highest BCUT2D eigenvalue weighted by Gasteiger charge is 2.61. The van der Waals surface area contributed by atoms with Crippen LogP contribution in [-0.4, -0.2) is 10.7 Å². The van der Waals surface area contributed by atoms with E-state index < -0.39 is 16.5 Å². The van der Waals surface area contributed by atoms with Crippen LogP contribution in [0.25, 0.3) is 0 Å². The summed E-state index contributed by atoms with van der Waals surface area (Å²) in [4.78, 5) is 2.87. The minimum absolute atomic E-state index is 0.113. The van der Waals surface area contributed by atoms with E-state index in [1.807, 2.05) is 0 Å². The molecule has 0 aliphatic heterocycles. The molecule has 21 heavy (non-hydrogen) atoms. The Morgan fingerprint density at radius 3 is 2.24 bits per heavy atom. The van der Waals surface area contributed by atoms with Crippen molar-refractivity contribution >= 4 is 17.9 Å². The van der Waals surface area contributed by atoms with Crippen molar-refractivity contribution in [3.05, 3.63) is 27.5 Å². The van der Waals surface area contributed by atoms with Gasteiger partial charge in [0.15, 0.2) is 5.41 Å². The van der Waals surface area contributed by atoms with Crippen molar-refractivity contribution < 1.29 is 0 Å². The largest absolute Gasteiger partial charge is 0.350 e. The van der Waals surface area contributed by atoms with Crippen LogP contribution >= 0.6 is 12.2 Å². The van der Waals surface area contributed by atoms with E-state index in [4.69, 9.17) is 17.6 Å². The standard InChI is InChI=1S/C14H8N6S/c1-8-2-9-3-13(4-15,5-16)14(6-17,7-18)11(19)10(9)12(21)20-8/h2,19H,3H2,1H3,(H,20,21). The van der Waals surface area contributed by atoms with Gasteiger partial charge in [-0.2, -0.15) is 21.0 Å². The zero-order chi connectivity index (χ0) is 15.8. The second-order valence-electron chi connectivity index (χ2n) is 4.84. The molecule has 0 bridgehead atoms. The SMILES string of the molecule is Cc1cc2c(c(=S)[nH]1)C(=N)C(C#N)(C#N)C(C#N)(C#N)C2. The molecule has 0 saturated carbocycles. The van der Waals surface area contributed by atoms with Crippen LogP contribution in [0, 0.1) is 73.1 Å². The van der Waals surface area contributed by atoms with Gasteiger partial charge < -0.3 is 10.4 Å². The molecule has 100 valence electrons. The highest BCUT2D eigenvalue weighted by atomic mass is 32.1. The van der Waals surface area contributed by atoms with E-state index in [9.17, 15) is 21.0 Å². The molecule has 1 heterocycles. The number of nitriles is 4. The number of nitrogens with zero attached hydrogens (tertiary/aromatic N) is 4. The summed E-state index contributed by atoms with van der Waals surface area (Å²) >= 11 is 5.17. The average Bonchev–Trinajstić information content (AvgIpc) is 2.46. The van der Waals surface area contributed by atoms with Crippen LogP contribution < -0.4 is 0 Å². The maximum Gasteiger partial charge on any atom is 0.217 e. The number of fused-ring (bicyclic) bond motifs is 1. The first-order valence-corrected chi connectivity index (χ1v) is 6.29. The third-order valence-corrected chi connectivity index (χ3v) is 3.99. The number of hydrogen-bond donors (Lipinski definition) is 2. The predicted octanol–water partition coefficient (Wildman–Crippen LogP) is 2.04. The van der Waals surface area contributed by atoms with Crippen molar-refractivity contribution in [1.29, 1.82) is 26.5 Å². The van der Waals surface area contributed by atoms with Gasteiger partial charge >= 0.3 is 0 Å². The Morgan fingerprint density at radius 1 is 1.19 bits per heavy atom. The van der Waals surface area contributed by atoms with Crippen molar-refractivity contribution in [1.82, 2.24) is 4.98 Å². The summed E-state index contributed by atoms with van der Waals surface area (Å²) in [5.41, 5.74) is -2.95. The van der Waals surface area contributed by atoms with E-state index >= 15 is 0 Å². The summed E-state index contributed by atoms with van der Waals surface area (Å²) in [7, 11) is 0. The van der Waals surface area contributed by atoms with Crippen LogP contribution in [0.4, 0.5) is 0 Å². The van der Waals surface area contributed by atoms with Gasteiger partial charge in [0.1, 0.15) is 4.64 Å². The minimum Gasteiger partial charge on any atom is -0.350 e. The van der Waals surface area contributed by atoms with Gasteiger partial charge in [0.05, 0.1) is 30.0 Å². The van der Waals surface area contributed by atoms with Crippen molar-refractivity contribution in [3.8, 4) is 24.3 Å². The summed E-state index contributed by atoms with van der Waals surface area (Å²) in [6.07, 6.45) is -0.113. The topological polar surface area (TPSA) is 135 Å². The third kappa shape index (κ3) is 1.59.